The minimum Gasteiger partial charge on any atom is -1.00 e. The largest absolute Gasteiger partial charge is 1.00 e. The first kappa shape index (κ1) is 49.6. The van der Waals surface area contributed by atoms with Crippen molar-refractivity contribution in [1.82, 2.24) is 0 Å². The standard InChI is InChI=1S/2C8H11.2C5H5.2C2H7Si.2ClH.2Hf/c2*1-7(2)8-5-3-4-6-8;2*1-2-4-5-3-1;2*1-3-2;;;;/h2*3,5,7H,4H2,1-2H3;2*1-3H,4H2;2*3H,1-2H3;2*1H;;/q4*-1;;;;;;/p-2. The number of allylic oxidation sites excluding steroid dienone is 16. The molecule has 0 aromatic rings. The SMILES string of the molecule is CC(C)C1=[C-]CC=C1.CC(C)C1=[C-]CC=C1.C[SiH]C.C[SiH]C.[C-]1=CC=CC1.[C-]1=CC=CC1.[Cl-].[Cl-].[Hf].[Hf]. The molecule has 36 heavy (non-hydrogen) atoms. The maximum absolute atomic E-state index is 3.26. The Labute approximate surface area is 280 Å². The van der Waals surface area contributed by atoms with Crippen molar-refractivity contribution in [2.45, 2.75) is 79.6 Å². The maximum Gasteiger partial charge on any atom is 0.0213 e. The summed E-state index contributed by atoms with van der Waals surface area (Å²) in [5.74, 6) is 1.32. The molecular formula is C30H46Cl2Hf2Si2-6. The van der Waals surface area contributed by atoms with Crippen molar-refractivity contribution in [3.63, 3.8) is 0 Å². The van der Waals surface area contributed by atoms with E-state index in [1.807, 2.05) is 24.3 Å². The zero-order chi connectivity index (χ0) is 24.5. The molecule has 0 aliphatic heterocycles. The fraction of sp³-hybridized carbons (Fsp3) is 0.467. The van der Waals surface area contributed by atoms with Crippen LogP contribution in [-0.4, -0.2) is 19.0 Å². The molecule has 0 heterocycles. The smallest absolute Gasteiger partial charge is 0.0213 e. The van der Waals surface area contributed by atoms with Crippen LogP contribution in [0.4, 0.5) is 0 Å². The number of hydrogen-bond donors (Lipinski definition) is 0. The van der Waals surface area contributed by atoms with Crippen LogP contribution in [0.2, 0.25) is 26.2 Å². The zero-order valence-electron chi connectivity index (χ0n) is 23.7. The van der Waals surface area contributed by atoms with Gasteiger partial charge in [0.25, 0.3) is 0 Å². The molecule has 0 amide bonds. The normalized spacial score (nSPS) is 13.7. The van der Waals surface area contributed by atoms with Crippen molar-refractivity contribution in [2.75, 3.05) is 0 Å². The molecule has 4 rings (SSSR count). The molecule has 4 aliphatic carbocycles. The Morgan fingerprint density at radius 1 is 0.583 bits per heavy atom. The molecule has 6 heteroatoms. The molecule has 0 atom stereocenters. The van der Waals surface area contributed by atoms with Gasteiger partial charge in [-0.1, -0.05) is 65.7 Å². The summed E-state index contributed by atoms with van der Waals surface area (Å²) in [6, 6.07) is 0. The van der Waals surface area contributed by atoms with E-state index in [9.17, 15) is 0 Å². The van der Waals surface area contributed by atoms with Gasteiger partial charge in [0, 0.05) is 70.7 Å². The predicted molar refractivity (Wildman–Crippen MR) is 152 cm³/mol. The summed E-state index contributed by atoms with van der Waals surface area (Å²) in [4.78, 5) is 0. The molecule has 0 nitrogen and oxygen atoms in total. The van der Waals surface area contributed by atoms with Gasteiger partial charge >= 0.3 is 0 Å². The van der Waals surface area contributed by atoms with E-state index in [1.165, 1.54) is 11.1 Å². The third kappa shape index (κ3) is 36.8. The van der Waals surface area contributed by atoms with Crippen molar-refractivity contribution in [3.05, 3.63) is 96.2 Å². The van der Waals surface area contributed by atoms with E-state index in [-0.39, 0.29) is 76.5 Å². The Morgan fingerprint density at radius 3 is 0.972 bits per heavy atom. The molecule has 0 fully saturated rings. The van der Waals surface area contributed by atoms with Gasteiger partial charge in [0.05, 0.1) is 0 Å². The molecule has 2 radical (unpaired) electrons. The Hall–Kier alpha value is 0.674. The average molecular weight is 891 g/mol. The summed E-state index contributed by atoms with van der Waals surface area (Å²) in [7, 11) is 1.50. The third-order valence-electron chi connectivity index (χ3n) is 3.86. The van der Waals surface area contributed by atoms with E-state index >= 15 is 0 Å². The topological polar surface area (TPSA) is 0 Å². The predicted octanol–water partition coefficient (Wildman–Crippen LogP) is 2.32. The summed E-state index contributed by atoms with van der Waals surface area (Å²) in [5, 5.41) is 0. The van der Waals surface area contributed by atoms with Crippen molar-refractivity contribution in [1.29, 1.82) is 0 Å². The van der Waals surface area contributed by atoms with E-state index < -0.39 is 0 Å². The van der Waals surface area contributed by atoms with Crippen molar-refractivity contribution < 1.29 is 76.5 Å². The van der Waals surface area contributed by atoms with Crippen LogP contribution < -0.4 is 24.8 Å². The van der Waals surface area contributed by atoms with E-state index in [4.69, 9.17) is 0 Å². The zero-order valence-corrected chi connectivity index (χ0v) is 34.7. The molecule has 4 aliphatic rings. The van der Waals surface area contributed by atoms with Gasteiger partial charge in [-0.2, -0.15) is 24.3 Å². The fourth-order valence-electron chi connectivity index (χ4n) is 2.32. The molecule has 0 unspecified atom stereocenters. The van der Waals surface area contributed by atoms with Crippen molar-refractivity contribution in [2.24, 2.45) is 11.8 Å². The molecule has 0 aromatic carbocycles. The van der Waals surface area contributed by atoms with Gasteiger partial charge in [0.15, 0.2) is 0 Å². The monoisotopic (exact) mass is 892 g/mol. The second-order valence-electron chi connectivity index (χ2n) is 7.95. The quantitative estimate of drug-likeness (QED) is 0.296. The number of halogens is 2. The molecule has 0 saturated heterocycles. The summed E-state index contributed by atoms with van der Waals surface area (Å²) < 4.78 is 0. The minimum absolute atomic E-state index is 0. The van der Waals surface area contributed by atoms with Crippen molar-refractivity contribution in [3.8, 4) is 0 Å². The molecule has 202 valence electrons. The molecule has 0 N–H and O–H groups in total. The van der Waals surface area contributed by atoms with Gasteiger partial charge in [0.1, 0.15) is 0 Å². The van der Waals surface area contributed by atoms with Crippen LogP contribution in [-0.2, 0) is 51.7 Å². The van der Waals surface area contributed by atoms with Crippen LogP contribution in [0.3, 0.4) is 0 Å². The van der Waals surface area contributed by atoms with E-state index in [0.717, 1.165) is 44.7 Å². The molecule has 0 spiro atoms. The Kier molecular flexibility index (Phi) is 55.4. The fourth-order valence-corrected chi connectivity index (χ4v) is 2.32. The van der Waals surface area contributed by atoms with Gasteiger partial charge in [-0.3, -0.25) is 24.3 Å². The summed E-state index contributed by atoms with van der Waals surface area (Å²) >= 11 is 0. The second-order valence-corrected chi connectivity index (χ2v) is 10.3. The first-order valence-electron chi connectivity index (χ1n) is 11.9. The van der Waals surface area contributed by atoms with E-state index in [0.29, 0.717) is 11.8 Å². The molecule has 0 aromatic heterocycles. The average Bonchev–Trinajstić information content (AvgIpc) is 3.58. The Balaban J connectivity index is -0.0000000761. The van der Waals surface area contributed by atoms with Gasteiger partial charge in [0.2, 0.25) is 0 Å². The summed E-state index contributed by atoms with van der Waals surface area (Å²) in [6.07, 6.45) is 37.2. The van der Waals surface area contributed by atoms with Gasteiger partial charge in [-0.15, -0.1) is 25.7 Å². The first-order chi connectivity index (χ1) is 15.4. The van der Waals surface area contributed by atoms with Gasteiger partial charge in [-0.05, 0) is 0 Å². The molecule has 0 saturated carbocycles. The summed E-state index contributed by atoms with van der Waals surface area (Å²) in [5.41, 5.74) is 2.73. The Morgan fingerprint density at radius 2 is 0.889 bits per heavy atom. The minimum atomic E-state index is 0. The number of hydrogen-bond acceptors (Lipinski definition) is 0. The van der Waals surface area contributed by atoms with Crippen LogP contribution in [0.15, 0.2) is 71.9 Å². The van der Waals surface area contributed by atoms with Crippen LogP contribution in [0, 0.1) is 36.1 Å². The first-order valence-corrected chi connectivity index (χ1v) is 16.5. The second kappa shape index (κ2) is 40.2. The molecule has 0 bridgehead atoms. The van der Waals surface area contributed by atoms with Crippen LogP contribution >= 0.6 is 0 Å². The summed E-state index contributed by atoms with van der Waals surface area (Å²) in [6.45, 7) is 17.6. The van der Waals surface area contributed by atoms with Crippen molar-refractivity contribution >= 4 is 19.0 Å². The maximum atomic E-state index is 3.26. The van der Waals surface area contributed by atoms with E-state index in [1.54, 1.807) is 0 Å². The number of rotatable bonds is 2. The van der Waals surface area contributed by atoms with E-state index in [2.05, 4.69) is 115 Å². The van der Waals surface area contributed by atoms with Crippen LogP contribution in [0.1, 0.15) is 53.4 Å². The van der Waals surface area contributed by atoms with Crippen LogP contribution in [0.5, 0.6) is 0 Å². The molecular weight excluding hydrogens is 844 g/mol. The van der Waals surface area contributed by atoms with Gasteiger partial charge < -0.3 is 24.8 Å². The third-order valence-corrected chi connectivity index (χ3v) is 3.86. The Bertz CT molecular complexity index is 594. The van der Waals surface area contributed by atoms with Gasteiger partial charge in [-0.25, -0.2) is 47.6 Å². The van der Waals surface area contributed by atoms with Crippen LogP contribution in [0.25, 0.3) is 0 Å².